The van der Waals surface area contributed by atoms with E-state index in [-0.39, 0.29) is 42.3 Å². The molecule has 332 valence electrons. The largest absolute Gasteiger partial charge is 0.483 e. The van der Waals surface area contributed by atoms with Gasteiger partial charge in [0.1, 0.15) is 16.9 Å². The summed E-state index contributed by atoms with van der Waals surface area (Å²) < 4.78 is 31.9. The molecule has 4 heterocycles. The van der Waals surface area contributed by atoms with Gasteiger partial charge in [0, 0.05) is 54.2 Å². The van der Waals surface area contributed by atoms with Crippen LogP contribution in [0.2, 0.25) is 0 Å². The molecule has 2 bridgehead atoms. The van der Waals surface area contributed by atoms with Crippen molar-refractivity contribution < 1.29 is 38.1 Å². The van der Waals surface area contributed by atoms with Gasteiger partial charge >= 0.3 is 17.6 Å². The van der Waals surface area contributed by atoms with Gasteiger partial charge in [-0.25, -0.2) is 9.59 Å². The van der Waals surface area contributed by atoms with E-state index in [0.29, 0.717) is 65.7 Å². The summed E-state index contributed by atoms with van der Waals surface area (Å²) in [6, 6.07) is 33.2. The van der Waals surface area contributed by atoms with Gasteiger partial charge in [0.25, 0.3) is 0 Å². The van der Waals surface area contributed by atoms with Crippen molar-refractivity contribution in [2.75, 3.05) is 20.3 Å². The van der Waals surface area contributed by atoms with Crippen LogP contribution in [0.3, 0.4) is 0 Å². The number of fused-ring (bicyclic) bond motifs is 11. The number of methoxy groups -OCH3 is 1. The van der Waals surface area contributed by atoms with E-state index in [1.165, 1.54) is 16.7 Å². The molecule has 0 radical (unpaired) electrons. The molecule has 9 heteroatoms. The molecule has 1 N–H and O–H groups in total. The molecule has 1 fully saturated rings. The number of esters is 2. The molecule has 5 aliphatic rings. The van der Waals surface area contributed by atoms with Gasteiger partial charge in [-0.3, -0.25) is 4.79 Å². The Bertz CT molecular complexity index is 2620. The first kappa shape index (κ1) is 43.5. The minimum atomic E-state index is -1.17. The van der Waals surface area contributed by atoms with Gasteiger partial charge in [-0.2, -0.15) is 0 Å². The zero-order chi connectivity index (χ0) is 44.4. The molecule has 6 unspecified atom stereocenters. The minimum absolute atomic E-state index is 0.0278. The molecule has 2 aliphatic carbocycles. The van der Waals surface area contributed by atoms with E-state index >= 15 is 0 Å². The average Bonchev–Trinajstić information content (AvgIpc) is 3.86. The Kier molecular flexibility index (Phi) is 12.7. The number of benzene rings is 4. The van der Waals surface area contributed by atoms with E-state index < -0.39 is 35.4 Å². The van der Waals surface area contributed by atoms with Gasteiger partial charge in [-0.15, -0.1) is 0 Å². The van der Waals surface area contributed by atoms with Crippen LogP contribution in [0, 0.1) is 11.8 Å². The molecule has 5 aromatic rings. The number of aryl methyl sites for hydroxylation is 1. The Balaban J connectivity index is 1.15. The Morgan fingerprint density at radius 3 is 2.39 bits per heavy atom. The summed E-state index contributed by atoms with van der Waals surface area (Å²) in [5.74, 6) is -0.772. The summed E-state index contributed by atoms with van der Waals surface area (Å²) in [5, 5.41) is 11.0. The second-order valence-corrected chi connectivity index (χ2v) is 18.5. The summed E-state index contributed by atoms with van der Waals surface area (Å²) in [6.45, 7) is 3.72. The number of aliphatic hydroxyl groups is 1. The Hall–Kier alpha value is -5.77. The highest BCUT2D eigenvalue weighted by Crippen LogP contribution is 2.53. The summed E-state index contributed by atoms with van der Waals surface area (Å²) in [6.07, 6.45) is 8.79. The maximum Gasteiger partial charge on any atom is 0.339 e. The summed E-state index contributed by atoms with van der Waals surface area (Å²) in [4.78, 5) is 43.3. The molecule has 1 saturated carbocycles. The van der Waals surface area contributed by atoms with Gasteiger partial charge in [-0.05, 0) is 110 Å². The highest BCUT2D eigenvalue weighted by atomic mass is 16.6. The lowest BCUT2D eigenvalue weighted by Crippen LogP contribution is -2.58. The molecule has 4 aromatic carbocycles. The van der Waals surface area contributed by atoms with Crippen LogP contribution in [0.25, 0.3) is 11.0 Å². The van der Waals surface area contributed by atoms with Crippen LogP contribution in [0.5, 0.6) is 5.75 Å². The molecule has 64 heavy (non-hydrogen) atoms. The fourth-order valence-electron chi connectivity index (χ4n) is 10.8. The first-order valence-corrected chi connectivity index (χ1v) is 23.0. The van der Waals surface area contributed by atoms with Crippen molar-refractivity contribution in [1.29, 1.82) is 0 Å². The van der Waals surface area contributed by atoms with E-state index in [0.717, 1.165) is 43.2 Å². The van der Waals surface area contributed by atoms with E-state index in [4.69, 9.17) is 23.4 Å². The third kappa shape index (κ3) is 8.85. The zero-order valence-electron chi connectivity index (χ0n) is 37.1. The van der Waals surface area contributed by atoms with Crippen molar-refractivity contribution in [3.05, 3.63) is 170 Å². The molecule has 10 rings (SSSR count). The lowest BCUT2D eigenvalue weighted by molar-refractivity contribution is -0.199. The Morgan fingerprint density at radius 2 is 1.62 bits per heavy atom. The summed E-state index contributed by atoms with van der Waals surface area (Å²) in [5.41, 5.74) is 6.10. The minimum Gasteiger partial charge on any atom is -0.483 e. The van der Waals surface area contributed by atoms with E-state index in [2.05, 4.69) is 84.9 Å². The van der Waals surface area contributed by atoms with Crippen LogP contribution < -0.4 is 10.4 Å². The smallest absolute Gasteiger partial charge is 0.339 e. The quantitative estimate of drug-likeness (QED) is 0.0703. The number of carbonyl (C=O) groups excluding carboxylic acids is 2. The fraction of sp³-hybridized carbons (Fsp3) is 0.400. The zero-order valence-corrected chi connectivity index (χ0v) is 37.1. The molecule has 0 saturated heterocycles. The number of hydrogen-bond donors (Lipinski definition) is 1. The lowest BCUT2D eigenvalue weighted by atomic mass is 9.72. The molecule has 0 amide bonds. The van der Waals surface area contributed by atoms with Gasteiger partial charge in [0.15, 0.2) is 12.2 Å². The van der Waals surface area contributed by atoms with Crippen LogP contribution >= 0.6 is 0 Å². The topological polar surface area (TPSA) is 122 Å². The third-order valence-corrected chi connectivity index (χ3v) is 14.4. The second-order valence-electron chi connectivity index (χ2n) is 18.5. The van der Waals surface area contributed by atoms with Crippen LogP contribution in [-0.4, -0.2) is 49.1 Å². The monoisotopic (exact) mass is 862 g/mol. The predicted octanol–water partition coefficient (Wildman–Crippen LogP) is 10.2. The van der Waals surface area contributed by atoms with Gasteiger partial charge < -0.3 is 28.5 Å². The standard InChI is InChI=1S/C55H58O9/c1-34(33-56)45-23-18-35-16-19-38(20-17-35)46-24-21-40(39-13-9-12-37(29-39)28-36-10-5-4-6-11-36)30-43(46)32-48(57)61-51-49-47(25-22-41-31-42(26-27-60-3)53(58)62-50(41)49)64-55(2,44-14-7-8-15-44)52(51)63-54(45)59/h4-6,9-13,16-17,19-22,24-25,29,31,40,43-44,46,51-52,56H,7-8,14-15,18,23,26-28,30,32-33H2,1-3H3. The maximum atomic E-state index is 15.0. The average molecular weight is 863 g/mol. The van der Waals surface area contributed by atoms with Crippen molar-refractivity contribution in [3.63, 3.8) is 0 Å². The third-order valence-electron chi connectivity index (χ3n) is 14.4. The SMILES string of the molecule is COCCc1cc2ccc3c(c2oc1=O)C1OC(=O)CC2CC(c4cccc(Cc5ccccc5)c4)C=CC2c2ccc(cc2)CCC(=C(C)CO)C(=O)OC1C(C)(C1CCCC1)O3. The van der Waals surface area contributed by atoms with Crippen LogP contribution in [0.15, 0.2) is 130 Å². The van der Waals surface area contributed by atoms with Crippen molar-refractivity contribution in [3.8, 4) is 5.75 Å². The number of allylic oxidation sites excluding steroid dienone is 2. The predicted molar refractivity (Wildman–Crippen MR) is 245 cm³/mol. The van der Waals surface area contributed by atoms with Crippen molar-refractivity contribution >= 4 is 22.9 Å². The Labute approximate surface area is 375 Å². The molecule has 6 atom stereocenters. The molecule has 0 spiro atoms. The molecular formula is C55H58O9. The van der Waals surface area contributed by atoms with Crippen LogP contribution in [-0.2, 0) is 43.1 Å². The molecule has 1 aromatic heterocycles. The Morgan fingerprint density at radius 1 is 0.844 bits per heavy atom. The lowest BCUT2D eigenvalue weighted by Gasteiger charge is -2.48. The summed E-state index contributed by atoms with van der Waals surface area (Å²) >= 11 is 0. The highest BCUT2D eigenvalue weighted by molar-refractivity contribution is 5.90. The number of hydrogen-bond acceptors (Lipinski definition) is 9. The molecule has 3 aliphatic heterocycles. The van der Waals surface area contributed by atoms with Crippen LogP contribution in [0.1, 0.15) is 116 Å². The van der Waals surface area contributed by atoms with E-state index in [9.17, 15) is 19.5 Å². The van der Waals surface area contributed by atoms with Crippen molar-refractivity contribution in [2.24, 2.45) is 11.8 Å². The van der Waals surface area contributed by atoms with Gasteiger partial charge in [0.05, 0.1) is 18.8 Å². The van der Waals surface area contributed by atoms with E-state index in [1.807, 2.05) is 25.1 Å². The first-order chi connectivity index (χ1) is 31.1. The highest BCUT2D eigenvalue weighted by Gasteiger charge is 2.57. The van der Waals surface area contributed by atoms with Gasteiger partial charge in [-0.1, -0.05) is 104 Å². The number of aliphatic hydroxyl groups excluding tert-OH is 1. The fourth-order valence-corrected chi connectivity index (χ4v) is 10.8. The first-order valence-electron chi connectivity index (χ1n) is 23.0. The van der Waals surface area contributed by atoms with E-state index in [1.54, 1.807) is 20.1 Å². The van der Waals surface area contributed by atoms with Crippen molar-refractivity contribution in [2.45, 2.75) is 108 Å². The maximum absolute atomic E-state index is 15.0. The normalized spacial score (nSPS) is 25.8. The van der Waals surface area contributed by atoms with Gasteiger partial charge in [0.2, 0.25) is 0 Å². The summed E-state index contributed by atoms with van der Waals surface area (Å²) in [7, 11) is 1.58. The number of ether oxygens (including phenoxy) is 4. The number of carbonyl (C=O) groups is 2. The second kappa shape index (κ2) is 18.8. The molecule has 9 nitrogen and oxygen atoms in total. The number of rotatable bonds is 8. The molecular weight excluding hydrogens is 805 g/mol. The van der Waals surface area contributed by atoms with Crippen molar-refractivity contribution in [1.82, 2.24) is 0 Å². The van der Waals surface area contributed by atoms with Crippen LogP contribution in [0.4, 0.5) is 0 Å².